The van der Waals surface area contributed by atoms with Crippen LogP contribution in [0.25, 0.3) is 11.1 Å². The molecule has 2 aromatic carbocycles. The summed E-state index contributed by atoms with van der Waals surface area (Å²) in [6, 6.07) is 14.6. The summed E-state index contributed by atoms with van der Waals surface area (Å²) < 4.78 is 12.4. The predicted molar refractivity (Wildman–Crippen MR) is 79.1 cm³/mol. The Balaban J connectivity index is 2.28. The molecule has 0 amide bonds. The Hall–Kier alpha value is -1.16. The van der Waals surface area contributed by atoms with Gasteiger partial charge in [0.2, 0.25) is 0 Å². The Bertz CT molecular complexity index is 609. The third-order valence-corrected chi connectivity index (χ3v) is 4.16. The number of ether oxygens (including phenoxy) is 2. The van der Waals surface area contributed by atoms with Gasteiger partial charge >= 0.3 is 0 Å². The highest BCUT2D eigenvalue weighted by Crippen LogP contribution is 2.47. The second kappa shape index (κ2) is 5.08. The van der Waals surface area contributed by atoms with E-state index in [1.807, 2.05) is 12.1 Å². The molecule has 0 saturated carbocycles. The molecule has 2 nitrogen and oxygen atoms in total. The van der Waals surface area contributed by atoms with Gasteiger partial charge < -0.3 is 9.47 Å². The summed E-state index contributed by atoms with van der Waals surface area (Å²) in [5, 5.41) is 0. The molecule has 2 atom stereocenters. The van der Waals surface area contributed by atoms with Crippen LogP contribution in [0, 0.1) is 0 Å². The van der Waals surface area contributed by atoms with Crippen molar-refractivity contribution in [3.05, 3.63) is 58.1 Å². The molecule has 0 heterocycles. The lowest BCUT2D eigenvalue weighted by Gasteiger charge is -2.33. The fraction of sp³-hybridized carbons (Fsp3) is 0.250. The molecule has 0 radical (unpaired) electrons. The van der Waals surface area contributed by atoms with Gasteiger partial charge in [0.05, 0.1) is 0 Å². The van der Waals surface area contributed by atoms with Crippen molar-refractivity contribution in [2.45, 2.75) is 12.2 Å². The Morgan fingerprint density at radius 2 is 1.47 bits per heavy atom. The van der Waals surface area contributed by atoms with Crippen LogP contribution in [0.1, 0.15) is 23.3 Å². The summed E-state index contributed by atoms with van der Waals surface area (Å²) >= 11 is 3.54. The molecule has 0 fully saturated rings. The molecule has 1 aliphatic rings. The van der Waals surface area contributed by atoms with Gasteiger partial charge in [-0.05, 0) is 34.4 Å². The first-order chi connectivity index (χ1) is 9.26. The monoisotopic (exact) mass is 318 g/mol. The number of hydrogen-bond donors (Lipinski definition) is 0. The Labute approximate surface area is 121 Å². The largest absolute Gasteiger partial charge is 0.374 e. The fourth-order valence-electron chi connectivity index (χ4n) is 2.83. The molecule has 0 spiro atoms. The van der Waals surface area contributed by atoms with Crippen LogP contribution in [0.4, 0.5) is 0 Å². The zero-order valence-electron chi connectivity index (χ0n) is 10.9. The van der Waals surface area contributed by atoms with E-state index < -0.39 is 0 Å². The third-order valence-electron chi connectivity index (χ3n) is 3.66. The minimum Gasteiger partial charge on any atom is -0.374 e. The van der Waals surface area contributed by atoms with Gasteiger partial charge in [0.25, 0.3) is 0 Å². The molecule has 0 bridgehead atoms. The SMILES string of the molecule is COC1c2ccccc2-c2cc(Br)ccc2C1OC. The molecule has 2 unspecified atom stereocenters. The molecule has 0 aromatic heterocycles. The van der Waals surface area contributed by atoms with Gasteiger partial charge in [0.15, 0.2) is 0 Å². The second-order valence-electron chi connectivity index (χ2n) is 4.63. The average molecular weight is 319 g/mol. The van der Waals surface area contributed by atoms with Crippen molar-refractivity contribution in [1.82, 2.24) is 0 Å². The standard InChI is InChI=1S/C16H15BrO2/c1-18-15-12-6-4-3-5-11(12)14-9-10(17)7-8-13(14)16(15)19-2/h3-9,15-16H,1-2H3. The number of halogens is 1. The first-order valence-corrected chi connectivity index (χ1v) is 7.00. The molecule has 2 aromatic rings. The second-order valence-corrected chi connectivity index (χ2v) is 5.55. The van der Waals surface area contributed by atoms with Crippen LogP contribution < -0.4 is 0 Å². The summed E-state index contributed by atoms with van der Waals surface area (Å²) in [5.41, 5.74) is 4.79. The predicted octanol–water partition coefficient (Wildman–Crippen LogP) is 4.50. The van der Waals surface area contributed by atoms with Gasteiger partial charge in [-0.1, -0.05) is 46.3 Å². The fourth-order valence-corrected chi connectivity index (χ4v) is 3.19. The van der Waals surface area contributed by atoms with Gasteiger partial charge in [-0.2, -0.15) is 0 Å². The van der Waals surface area contributed by atoms with Crippen LogP contribution in [-0.2, 0) is 9.47 Å². The van der Waals surface area contributed by atoms with E-state index in [2.05, 4.69) is 46.3 Å². The number of fused-ring (bicyclic) bond motifs is 3. The molecule has 0 aliphatic heterocycles. The van der Waals surface area contributed by atoms with Crippen molar-refractivity contribution < 1.29 is 9.47 Å². The van der Waals surface area contributed by atoms with E-state index in [0.717, 1.165) is 4.47 Å². The van der Waals surface area contributed by atoms with Gasteiger partial charge in [0, 0.05) is 18.7 Å². The zero-order chi connectivity index (χ0) is 13.4. The van der Waals surface area contributed by atoms with Gasteiger partial charge in [-0.25, -0.2) is 0 Å². The number of hydrogen-bond acceptors (Lipinski definition) is 2. The number of rotatable bonds is 2. The molecule has 98 valence electrons. The summed E-state index contributed by atoms with van der Waals surface area (Å²) in [6.07, 6.45) is -0.127. The summed E-state index contributed by atoms with van der Waals surface area (Å²) in [4.78, 5) is 0. The van der Waals surface area contributed by atoms with E-state index in [1.165, 1.54) is 22.3 Å². The summed E-state index contributed by atoms with van der Waals surface area (Å²) in [6.45, 7) is 0. The Morgan fingerprint density at radius 3 is 2.16 bits per heavy atom. The highest BCUT2D eigenvalue weighted by Gasteiger charge is 2.33. The lowest BCUT2D eigenvalue weighted by molar-refractivity contribution is -0.0408. The Morgan fingerprint density at radius 1 is 0.842 bits per heavy atom. The molecule has 0 N–H and O–H groups in total. The minimum atomic E-state index is -0.0667. The topological polar surface area (TPSA) is 18.5 Å². The average Bonchev–Trinajstić information content (AvgIpc) is 2.45. The number of methoxy groups -OCH3 is 2. The van der Waals surface area contributed by atoms with Crippen molar-refractivity contribution in [1.29, 1.82) is 0 Å². The highest BCUT2D eigenvalue weighted by atomic mass is 79.9. The van der Waals surface area contributed by atoms with E-state index in [1.54, 1.807) is 14.2 Å². The highest BCUT2D eigenvalue weighted by molar-refractivity contribution is 9.10. The van der Waals surface area contributed by atoms with Crippen molar-refractivity contribution in [3.63, 3.8) is 0 Å². The van der Waals surface area contributed by atoms with Crippen molar-refractivity contribution in [3.8, 4) is 11.1 Å². The van der Waals surface area contributed by atoms with E-state index in [9.17, 15) is 0 Å². The zero-order valence-corrected chi connectivity index (χ0v) is 12.5. The lowest BCUT2D eigenvalue weighted by Crippen LogP contribution is -2.20. The molecular weight excluding hydrogens is 304 g/mol. The van der Waals surface area contributed by atoms with Crippen molar-refractivity contribution >= 4 is 15.9 Å². The van der Waals surface area contributed by atoms with E-state index in [0.29, 0.717) is 0 Å². The maximum atomic E-state index is 5.68. The molecule has 0 saturated heterocycles. The Kier molecular flexibility index (Phi) is 3.44. The molecule has 19 heavy (non-hydrogen) atoms. The normalized spacial score (nSPS) is 20.8. The van der Waals surface area contributed by atoms with E-state index >= 15 is 0 Å². The number of benzene rings is 2. The minimum absolute atomic E-state index is 0.0603. The smallest absolute Gasteiger partial charge is 0.113 e. The van der Waals surface area contributed by atoms with E-state index in [-0.39, 0.29) is 12.2 Å². The first-order valence-electron chi connectivity index (χ1n) is 6.20. The van der Waals surface area contributed by atoms with Crippen LogP contribution >= 0.6 is 15.9 Å². The molecule has 3 rings (SSSR count). The molecular formula is C16H15BrO2. The quantitative estimate of drug-likeness (QED) is 0.811. The van der Waals surface area contributed by atoms with Crippen LogP contribution in [0.2, 0.25) is 0 Å². The first kappa shape index (κ1) is 12.9. The summed E-state index contributed by atoms with van der Waals surface area (Å²) in [7, 11) is 3.47. The lowest BCUT2D eigenvalue weighted by atomic mass is 9.82. The van der Waals surface area contributed by atoms with Crippen molar-refractivity contribution in [2.75, 3.05) is 14.2 Å². The summed E-state index contributed by atoms with van der Waals surface area (Å²) in [5.74, 6) is 0. The van der Waals surface area contributed by atoms with Crippen LogP contribution in [0.15, 0.2) is 46.9 Å². The maximum absolute atomic E-state index is 5.68. The van der Waals surface area contributed by atoms with Crippen LogP contribution in [-0.4, -0.2) is 14.2 Å². The van der Waals surface area contributed by atoms with Gasteiger partial charge in [0.1, 0.15) is 12.2 Å². The van der Waals surface area contributed by atoms with Crippen LogP contribution in [0.3, 0.4) is 0 Å². The van der Waals surface area contributed by atoms with Crippen LogP contribution in [0.5, 0.6) is 0 Å². The van der Waals surface area contributed by atoms with E-state index in [4.69, 9.17) is 9.47 Å². The third kappa shape index (κ3) is 2.02. The molecule has 1 aliphatic carbocycles. The van der Waals surface area contributed by atoms with Gasteiger partial charge in [-0.15, -0.1) is 0 Å². The molecule has 3 heteroatoms. The van der Waals surface area contributed by atoms with Crippen molar-refractivity contribution in [2.24, 2.45) is 0 Å². The maximum Gasteiger partial charge on any atom is 0.113 e. The van der Waals surface area contributed by atoms with Gasteiger partial charge in [-0.3, -0.25) is 0 Å².